The van der Waals surface area contributed by atoms with Gasteiger partial charge in [0, 0.05) is 38.8 Å². The molecule has 10 heteroatoms. The summed E-state index contributed by atoms with van der Waals surface area (Å²) in [5.74, 6) is -3.33. The molecule has 0 aromatic heterocycles. The first-order valence-corrected chi connectivity index (χ1v) is 6.59. The number of aldehydes is 2. The van der Waals surface area contributed by atoms with E-state index in [1.165, 1.54) is 0 Å². The molecular formula is C16H22O10. The van der Waals surface area contributed by atoms with Gasteiger partial charge in [-0.15, -0.1) is 0 Å². The van der Waals surface area contributed by atoms with Crippen molar-refractivity contribution in [2.75, 3.05) is 0 Å². The number of carbonyl (C=O) groups excluding carboxylic acids is 2. The van der Waals surface area contributed by atoms with Gasteiger partial charge in [-0.05, 0) is 0 Å². The van der Waals surface area contributed by atoms with Gasteiger partial charge in [-0.2, -0.15) is 0 Å². The van der Waals surface area contributed by atoms with E-state index in [4.69, 9.17) is 39.6 Å². The zero-order valence-electron chi connectivity index (χ0n) is 14.7. The summed E-state index contributed by atoms with van der Waals surface area (Å²) in [6.45, 7) is 4.33. The summed E-state index contributed by atoms with van der Waals surface area (Å²) >= 11 is 0. The molecule has 0 heterocycles. The van der Waals surface area contributed by atoms with Crippen LogP contribution in [0.4, 0.5) is 0 Å². The number of hydrogen-bond donors (Lipinski definition) is 4. The fourth-order valence-electron chi connectivity index (χ4n) is 0.726. The van der Waals surface area contributed by atoms with Crippen molar-refractivity contribution in [1.29, 1.82) is 0 Å². The van der Waals surface area contributed by atoms with Crippen LogP contribution in [0.1, 0.15) is 48.4 Å². The van der Waals surface area contributed by atoms with E-state index in [2.05, 4.69) is 0 Å². The minimum absolute atomic E-state index is 0.442. The van der Waals surface area contributed by atoms with Crippen LogP contribution in [-0.4, -0.2) is 56.9 Å². The quantitative estimate of drug-likeness (QED) is 0.555. The van der Waals surface area contributed by atoms with Crippen LogP contribution in [0.15, 0.2) is 24.3 Å². The van der Waals surface area contributed by atoms with Crippen molar-refractivity contribution in [3.05, 3.63) is 35.4 Å². The Morgan fingerprint density at radius 1 is 0.615 bits per heavy atom. The maximum Gasteiger partial charge on any atom is 0.300 e. The van der Waals surface area contributed by atoms with Crippen LogP contribution in [0, 0.1) is 0 Å². The molecule has 10 nitrogen and oxygen atoms in total. The maximum atomic E-state index is 10.2. The standard InChI is InChI=1S/C8H6O2.4C2H4O2/c9-5-7-3-1-2-4-8(7)6-10;4*1-2(3)4/h1-6H;4*1H3,(H,3,4). The monoisotopic (exact) mass is 374 g/mol. The Kier molecular flexibility index (Phi) is 25.0. The lowest BCUT2D eigenvalue weighted by Crippen LogP contribution is -1.87. The summed E-state index contributed by atoms with van der Waals surface area (Å²) in [4.78, 5) is 56.5. The number of rotatable bonds is 2. The molecule has 146 valence electrons. The van der Waals surface area contributed by atoms with Crippen LogP contribution in [0.2, 0.25) is 0 Å². The van der Waals surface area contributed by atoms with E-state index in [0.29, 0.717) is 23.7 Å². The van der Waals surface area contributed by atoms with Crippen molar-refractivity contribution in [2.24, 2.45) is 0 Å². The molecule has 0 spiro atoms. The lowest BCUT2D eigenvalue weighted by molar-refractivity contribution is -0.135. The second kappa shape index (κ2) is 21.4. The van der Waals surface area contributed by atoms with Gasteiger partial charge >= 0.3 is 0 Å². The molecule has 1 aromatic rings. The van der Waals surface area contributed by atoms with Crippen LogP contribution in [0.5, 0.6) is 0 Å². The zero-order valence-corrected chi connectivity index (χ0v) is 14.7. The molecule has 0 atom stereocenters. The van der Waals surface area contributed by atoms with Crippen molar-refractivity contribution < 1.29 is 49.2 Å². The highest BCUT2D eigenvalue weighted by Crippen LogP contribution is 2.01. The highest BCUT2D eigenvalue weighted by Gasteiger charge is 1.95. The third kappa shape index (κ3) is 59.0. The Hall–Kier alpha value is -3.56. The predicted molar refractivity (Wildman–Crippen MR) is 90.5 cm³/mol. The van der Waals surface area contributed by atoms with E-state index in [1.54, 1.807) is 24.3 Å². The van der Waals surface area contributed by atoms with Crippen LogP contribution in [0.3, 0.4) is 0 Å². The molecular weight excluding hydrogens is 352 g/mol. The van der Waals surface area contributed by atoms with Crippen molar-refractivity contribution in [2.45, 2.75) is 27.7 Å². The number of hydrogen-bond acceptors (Lipinski definition) is 6. The zero-order chi connectivity index (χ0) is 21.7. The molecule has 0 aliphatic heterocycles. The first-order chi connectivity index (χ1) is 11.8. The van der Waals surface area contributed by atoms with E-state index in [9.17, 15) is 9.59 Å². The summed E-state index contributed by atoms with van der Waals surface area (Å²) in [6, 6.07) is 6.65. The fraction of sp³-hybridized carbons (Fsp3) is 0.250. The van der Waals surface area contributed by atoms with Crippen LogP contribution < -0.4 is 0 Å². The van der Waals surface area contributed by atoms with Crippen LogP contribution in [0.25, 0.3) is 0 Å². The summed E-state index contributed by atoms with van der Waals surface area (Å²) in [5.41, 5.74) is 0.884. The molecule has 0 amide bonds. The van der Waals surface area contributed by atoms with E-state index >= 15 is 0 Å². The average molecular weight is 374 g/mol. The topological polar surface area (TPSA) is 183 Å². The first kappa shape index (κ1) is 30.3. The number of benzene rings is 1. The number of aliphatic carboxylic acids is 4. The molecule has 0 saturated heterocycles. The molecule has 0 aliphatic rings. The number of carboxylic acid groups (broad SMARTS) is 4. The second-order valence-corrected chi connectivity index (χ2v) is 3.94. The molecule has 0 unspecified atom stereocenters. The third-order valence-electron chi connectivity index (χ3n) is 1.25. The Balaban J connectivity index is -0.000000129. The Morgan fingerprint density at radius 3 is 0.885 bits per heavy atom. The SMILES string of the molecule is CC(=O)O.CC(=O)O.CC(=O)O.CC(=O)O.O=Cc1ccccc1C=O. The normalized spacial score (nSPS) is 7.23. The van der Waals surface area contributed by atoms with Gasteiger partial charge in [0.05, 0.1) is 0 Å². The molecule has 1 rings (SSSR count). The molecule has 1 aromatic carbocycles. The number of carbonyl (C=O) groups is 6. The molecule has 4 N–H and O–H groups in total. The van der Waals surface area contributed by atoms with Gasteiger partial charge in [0.15, 0.2) is 12.6 Å². The Morgan fingerprint density at radius 2 is 0.769 bits per heavy atom. The van der Waals surface area contributed by atoms with Crippen molar-refractivity contribution >= 4 is 36.4 Å². The lowest BCUT2D eigenvalue weighted by atomic mass is 10.1. The summed E-state index contributed by atoms with van der Waals surface area (Å²) in [6.07, 6.45) is 1.34. The summed E-state index contributed by atoms with van der Waals surface area (Å²) < 4.78 is 0. The van der Waals surface area contributed by atoms with E-state index in [1.807, 2.05) is 0 Å². The molecule has 0 radical (unpaired) electrons. The Bertz CT molecular complexity index is 487. The molecule has 26 heavy (non-hydrogen) atoms. The summed E-state index contributed by atoms with van der Waals surface area (Å²) in [5, 5.41) is 29.7. The van der Waals surface area contributed by atoms with Crippen molar-refractivity contribution in [3.63, 3.8) is 0 Å². The molecule has 0 bridgehead atoms. The minimum atomic E-state index is -0.833. The van der Waals surface area contributed by atoms with Gasteiger partial charge in [-0.25, -0.2) is 0 Å². The second-order valence-electron chi connectivity index (χ2n) is 3.94. The van der Waals surface area contributed by atoms with Gasteiger partial charge in [-0.1, -0.05) is 24.3 Å². The smallest absolute Gasteiger partial charge is 0.300 e. The highest BCUT2D eigenvalue weighted by molar-refractivity contribution is 5.90. The lowest BCUT2D eigenvalue weighted by Gasteiger charge is -1.91. The van der Waals surface area contributed by atoms with E-state index in [-0.39, 0.29) is 0 Å². The van der Waals surface area contributed by atoms with Gasteiger partial charge in [0.2, 0.25) is 0 Å². The van der Waals surface area contributed by atoms with E-state index in [0.717, 1.165) is 27.7 Å². The van der Waals surface area contributed by atoms with Gasteiger partial charge in [0.1, 0.15) is 0 Å². The molecule has 0 fully saturated rings. The highest BCUT2D eigenvalue weighted by atomic mass is 16.4. The van der Waals surface area contributed by atoms with Gasteiger partial charge in [-0.3, -0.25) is 28.8 Å². The van der Waals surface area contributed by atoms with Crippen molar-refractivity contribution in [3.8, 4) is 0 Å². The van der Waals surface area contributed by atoms with Crippen LogP contribution >= 0.6 is 0 Å². The Labute approximate surface area is 149 Å². The maximum absolute atomic E-state index is 10.2. The summed E-state index contributed by atoms with van der Waals surface area (Å²) in [7, 11) is 0. The third-order valence-corrected chi connectivity index (χ3v) is 1.25. The molecule has 0 aliphatic carbocycles. The largest absolute Gasteiger partial charge is 0.481 e. The first-order valence-electron chi connectivity index (χ1n) is 6.59. The van der Waals surface area contributed by atoms with Crippen molar-refractivity contribution in [1.82, 2.24) is 0 Å². The average Bonchev–Trinajstić information content (AvgIpc) is 2.44. The number of carboxylic acids is 4. The van der Waals surface area contributed by atoms with Gasteiger partial charge in [0.25, 0.3) is 23.9 Å². The molecule has 0 saturated carbocycles. The minimum Gasteiger partial charge on any atom is -0.481 e. The predicted octanol–water partition coefficient (Wildman–Crippen LogP) is 1.68. The van der Waals surface area contributed by atoms with Crippen LogP contribution in [-0.2, 0) is 19.2 Å². The van der Waals surface area contributed by atoms with Gasteiger partial charge < -0.3 is 20.4 Å². The fourth-order valence-corrected chi connectivity index (χ4v) is 0.726. The van der Waals surface area contributed by atoms with E-state index < -0.39 is 23.9 Å².